The largest absolute Gasteiger partial charge is 0.455 e. The summed E-state index contributed by atoms with van der Waals surface area (Å²) in [5, 5.41) is 2.26. The third-order valence-electron chi connectivity index (χ3n) is 12.0. The Balaban J connectivity index is 1.11. The number of benzene rings is 7. The molecule has 270 valence electrons. The number of nitrogens with zero attached hydrogens (tertiary/aromatic N) is 3. The zero-order valence-corrected chi connectivity index (χ0v) is 31.3. The van der Waals surface area contributed by atoms with Gasteiger partial charge in [-0.25, -0.2) is 9.97 Å². The first-order chi connectivity index (χ1) is 28.7. The second-order valence-corrected chi connectivity index (χ2v) is 15.1. The first-order valence-electron chi connectivity index (χ1n) is 19.7. The van der Waals surface area contributed by atoms with Crippen LogP contribution in [0.4, 0.5) is 0 Å². The van der Waals surface area contributed by atoms with Crippen molar-refractivity contribution in [2.45, 2.75) is 5.41 Å². The van der Waals surface area contributed by atoms with Crippen LogP contribution >= 0.6 is 0 Å². The lowest BCUT2D eigenvalue weighted by atomic mass is 9.65. The van der Waals surface area contributed by atoms with E-state index < -0.39 is 5.41 Å². The maximum atomic E-state index is 6.79. The Labute approximate surface area is 335 Å². The standard InChI is InChI=1S/C54H33N3O/c1-2-12-37(13-3-1)48-32-49(57-53(56-48)38-25-20-34(21-26-38)40-14-10-30-55-33-40)39-27-24-36-23-22-35-11-4-7-17-44(35)54(47(36)31-39)45-18-8-5-16-43(45)51-46(54)29-28-42-41-15-6-9-19-50(41)58-52(42)51/h1-33H. The molecule has 1 unspecified atom stereocenters. The lowest BCUT2D eigenvalue weighted by Crippen LogP contribution is -2.30. The summed E-state index contributed by atoms with van der Waals surface area (Å²) in [6, 6.07) is 62.6. The van der Waals surface area contributed by atoms with Crippen LogP contribution in [0.2, 0.25) is 0 Å². The highest BCUT2D eigenvalue weighted by Gasteiger charge is 2.49. The fourth-order valence-electron chi connectivity index (χ4n) is 9.44. The van der Waals surface area contributed by atoms with Gasteiger partial charge in [-0.15, -0.1) is 0 Å². The summed E-state index contributed by atoms with van der Waals surface area (Å²) in [5.41, 5.74) is 17.7. The molecule has 2 aliphatic carbocycles. The molecule has 7 aromatic carbocycles. The van der Waals surface area contributed by atoms with Gasteiger partial charge in [-0.2, -0.15) is 0 Å². The summed E-state index contributed by atoms with van der Waals surface area (Å²) in [7, 11) is 0. The molecule has 1 spiro atoms. The molecular formula is C54H33N3O. The van der Waals surface area contributed by atoms with Gasteiger partial charge in [0.15, 0.2) is 5.82 Å². The van der Waals surface area contributed by atoms with Gasteiger partial charge in [0.1, 0.15) is 11.2 Å². The first-order valence-corrected chi connectivity index (χ1v) is 19.7. The maximum Gasteiger partial charge on any atom is 0.160 e. The number of furan rings is 1. The molecular weight excluding hydrogens is 707 g/mol. The molecule has 0 aliphatic heterocycles. The predicted octanol–water partition coefficient (Wildman–Crippen LogP) is 13.3. The van der Waals surface area contributed by atoms with E-state index in [0.717, 1.165) is 72.3 Å². The fourth-order valence-corrected chi connectivity index (χ4v) is 9.44. The lowest BCUT2D eigenvalue weighted by Gasteiger charge is -2.35. The quantitative estimate of drug-likeness (QED) is 0.180. The van der Waals surface area contributed by atoms with Crippen LogP contribution in [0.25, 0.3) is 90.2 Å². The Morgan fingerprint density at radius 3 is 1.97 bits per heavy atom. The van der Waals surface area contributed by atoms with Gasteiger partial charge in [-0.3, -0.25) is 4.98 Å². The number of para-hydroxylation sites is 1. The smallest absolute Gasteiger partial charge is 0.160 e. The summed E-state index contributed by atoms with van der Waals surface area (Å²) >= 11 is 0. The van der Waals surface area contributed by atoms with Gasteiger partial charge in [0.25, 0.3) is 0 Å². The molecule has 1 atom stereocenters. The zero-order chi connectivity index (χ0) is 38.2. The summed E-state index contributed by atoms with van der Waals surface area (Å²) in [4.78, 5) is 14.8. The fraction of sp³-hybridized carbons (Fsp3) is 0.0185. The highest BCUT2D eigenvalue weighted by molar-refractivity contribution is 6.12. The van der Waals surface area contributed by atoms with Gasteiger partial charge in [0.2, 0.25) is 0 Å². The molecule has 0 radical (unpaired) electrons. The Hall–Kier alpha value is -7.69. The minimum absolute atomic E-state index is 0.634. The summed E-state index contributed by atoms with van der Waals surface area (Å²) in [6.07, 6.45) is 8.23. The normalized spacial score (nSPS) is 14.9. The Morgan fingerprint density at radius 2 is 1.12 bits per heavy atom. The van der Waals surface area contributed by atoms with E-state index in [-0.39, 0.29) is 0 Å². The second-order valence-electron chi connectivity index (χ2n) is 15.1. The third-order valence-corrected chi connectivity index (χ3v) is 12.0. The average molecular weight is 740 g/mol. The molecule has 0 fully saturated rings. The van der Waals surface area contributed by atoms with Crippen molar-refractivity contribution < 1.29 is 4.42 Å². The molecule has 3 heterocycles. The van der Waals surface area contributed by atoms with Crippen molar-refractivity contribution in [3.63, 3.8) is 0 Å². The number of rotatable bonds is 4. The van der Waals surface area contributed by atoms with Crippen molar-refractivity contribution >= 4 is 34.1 Å². The van der Waals surface area contributed by atoms with Gasteiger partial charge >= 0.3 is 0 Å². The van der Waals surface area contributed by atoms with Crippen LogP contribution in [0.1, 0.15) is 33.4 Å². The highest BCUT2D eigenvalue weighted by Crippen LogP contribution is 2.60. The van der Waals surface area contributed by atoms with E-state index in [2.05, 4.69) is 175 Å². The van der Waals surface area contributed by atoms with E-state index in [1.165, 1.54) is 33.4 Å². The summed E-state index contributed by atoms with van der Waals surface area (Å²) in [5.74, 6) is 0.674. The number of hydrogen-bond donors (Lipinski definition) is 0. The average Bonchev–Trinajstić information content (AvgIpc) is 3.78. The third kappa shape index (κ3) is 4.79. The monoisotopic (exact) mass is 739 g/mol. The van der Waals surface area contributed by atoms with Gasteiger partial charge in [-0.1, -0.05) is 164 Å². The molecule has 0 saturated carbocycles. The molecule has 0 N–H and O–H groups in total. The summed E-state index contributed by atoms with van der Waals surface area (Å²) in [6.45, 7) is 0. The van der Waals surface area contributed by atoms with Gasteiger partial charge in [0.05, 0.1) is 16.8 Å². The number of pyridine rings is 1. The second kappa shape index (κ2) is 12.7. The van der Waals surface area contributed by atoms with E-state index in [1.807, 2.05) is 24.4 Å². The van der Waals surface area contributed by atoms with Crippen molar-refractivity contribution in [1.82, 2.24) is 15.0 Å². The highest BCUT2D eigenvalue weighted by atomic mass is 16.3. The van der Waals surface area contributed by atoms with Crippen LogP contribution in [0, 0.1) is 0 Å². The van der Waals surface area contributed by atoms with Crippen LogP contribution in [0.15, 0.2) is 193 Å². The minimum Gasteiger partial charge on any atom is -0.455 e. The van der Waals surface area contributed by atoms with Crippen LogP contribution in [-0.4, -0.2) is 15.0 Å². The number of aromatic nitrogens is 3. The van der Waals surface area contributed by atoms with E-state index in [9.17, 15) is 0 Å². The lowest BCUT2D eigenvalue weighted by molar-refractivity contribution is 0.669. The Morgan fingerprint density at radius 1 is 0.431 bits per heavy atom. The van der Waals surface area contributed by atoms with E-state index in [4.69, 9.17) is 14.4 Å². The molecule has 10 aromatic rings. The van der Waals surface area contributed by atoms with Crippen molar-refractivity contribution in [3.05, 3.63) is 222 Å². The Kier molecular flexibility index (Phi) is 7.11. The van der Waals surface area contributed by atoms with E-state index >= 15 is 0 Å². The molecule has 0 amide bonds. The van der Waals surface area contributed by atoms with Crippen molar-refractivity contribution in [2.75, 3.05) is 0 Å². The number of fused-ring (bicyclic) bond motifs is 13. The molecule has 58 heavy (non-hydrogen) atoms. The van der Waals surface area contributed by atoms with Gasteiger partial charge in [0, 0.05) is 45.4 Å². The van der Waals surface area contributed by atoms with Crippen LogP contribution in [0.5, 0.6) is 0 Å². The van der Waals surface area contributed by atoms with E-state index in [1.54, 1.807) is 6.20 Å². The molecule has 2 aliphatic rings. The van der Waals surface area contributed by atoms with Crippen LogP contribution in [0.3, 0.4) is 0 Å². The predicted molar refractivity (Wildman–Crippen MR) is 235 cm³/mol. The van der Waals surface area contributed by atoms with Gasteiger partial charge < -0.3 is 4.42 Å². The van der Waals surface area contributed by atoms with Crippen molar-refractivity contribution in [3.8, 4) is 56.2 Å². The van der Waals surface area contributed by atoms with Crippen molar-refractivity contribution in [1.29, 1.82) is 0 Å². The van der Waals surface area contributed by atoms with Crippen molar-refractivity contribution in [2.24, 2.45) is 0 Å². The number of hydrogen-bond acceptors (Lipinski definition) is 4. The molecule has 3 aromatic heterocycles. The first kappa shape index (κ1) is 32.5. The minimum atomic E-state index is -0.634. The topological polar surface area (TPSA) is 51.8 Å². The zero-order valence-electron chi connectivity index (χ0n) is 31.3. The molecule has 0 saturated heterocycles. The SMILES string of the molecule is C1=Cc2ccc(-c3cc(-c4ccccc4)nc(-c4ccc(-c5cccnc5)cc4)n3)cc2C2(c3ccccc31)c1ccccc1-c1c2ccc2c1oc1ccccc12. The Bertz CT molecular complexity index is 3270. The maximum absolute atomic E-state index is 6.79. The molecule has 0 bridgehead atoms. The van der Waals surface area contributed by atoms with Crippen LogP contribution in [-0.2, 0) is 5.41 Å². The van der Waals surface area contributed by atoms with E-state index in [0.29, 0.717) is 5.82 Å². The molecule has 4 nitrogen and oxygen atoms in total. The van der Waals surface area contributed by atoms with Gasteiger partial charge in [-0.05, 0) is 74.3 Å². The van der Waals surface area contributed by atoms with Crippen LogP contribution < -0.4 is 0 Å². The summed E-state index contributed by atoms with van der Waals surface area (Å²) < 4.78 is 6.79. The molecule has 12 rings (SSSR count). The molecule has 4 heteroatoms.